The monoisotopic (exact) mass is 566 g/mol. The molecule has 2 aromatic heterocycles. The molecule has 4 rings (SSSR count). The molecule has 2 aromatic carbocycles. The van der Waals surface area contributed by atoms with E-state index < -0.39 is 35.1 Å². The van der Waals surface area contributed by atoms with E-state index in [4.69, 9.17) is 15.6 Å². The van der Waals surface area contributed by atoms with Gasteiger partial charge in [0.2, 0.25) is 0 Å². The minimum Gasteiger partial charge on any atom is -0.478 e. The maximum absolute atomic E-state index is 14.1. The van der Waals surface area contributed by atoms with Crippen molar-refractivity contribution in [3.63, 3.8) is 0 Å². The van der Waals surface area contributed by atoms with E-state index in [0.29, 0.717) is 17.3 Å². The van der Waals surface area contributed by atoms with E-state index in [-0.39, 0.29) is 28.8 Å². The molecule has 14 heteroatoms. The van der Waals surface area contributed by atoms with Crippen LogP contribution in [0.15, 0.2) is 95.5 Å². The summed E-state index contributed by atoms with van der Waals surface area (Å²) in [6, 6.07) is 13.5. The first-order valence-electron chi connectivity index (χ1n) is 11.5. The number of carbonyl (C=O) groups is 2. The van der Waals surface area contributed by atoms with Crippen LogP contribution in [0.25, 0.3) is 11.1 Å². The van der Waals surface area contributed by atoms with Gasteiger partial charge >= 0.3 is 18.2 Å². The smallest absolute Gasteiger partial charge is 0.431 e. The number of carboxylic acids is 1. The molecule has 4 aromatic rings. The number of nitrogens with one attached hydrogen (secondary N) is 1. The lowest BCUT2D eigenvalue weighted by atomic mass is 10.1. The molecule has 0 saturated carbocycles. The summed E-state index contributed by atoms with van der Waals surface area (Å²) >= 11 is 0. The van der Waals surface area contributed by atoms with Crippen LogP contribution in [0.5, 0.6) is 11.8 Å². The van der Waals surface area contributed by atoms with E-state index in [9.17, 15) is 27.2 Å². The summed E-state index contributed by atoms with van der Waals surface area (Å²) in [5.74, 6) is -3.53. The van der Waals surface area contributed by atoms with Crippen molar-refractivity contribution in [3.05, 3.63) is 102 Å². The van der Waals surface area contributed by atoms with Crippen LogP contribution < -0.4 is 15.8 Å². The third-order valence-electron chi connectivity index (χ3n) is 5.30. The molecule has 0 saturated heterocycles. The zero-order chi connectivity index (χ0) is 29.6. The predicted octanol–water partition coefficient (Wildman–Crippen LogP) is 5.28. The van der Waals surface area contributed by atoms with Crippen LogP contribution in [0.4, 0.5) is 29.1 Å². The molecule has 0 bridgehead atoms. The Morgan fingerprint density at radius 1 is 0.976 bits per heavy atom. The lowest BCUT2D eigenvalue weighted by molar-refractivity contribution is -0.114. The average Bonchev–Trinajstić information content (AvgIpc) is 2.95. The van der Waals surface area contributed by atoms with E-state index in [2.05, 4.69) is 25.3 Å². The predicted molar refractivity (Wildman–Crippen MR) is 139 cm³/mol. The number of alkyl halides is 3. The highest BCUT2D eigenvalue weighted by Crippen LogP contribution is 2.27. The van der Waals surface area contributed by atoms with Gasteiger partial charge in [-0.15, -0.1) is 0 Å². The van der Waals surface area contributed by atoms with Crippen molar-refractivity contribution in [2.75, 3.05) is 5.32 Å². The minimum atomic E-state index is -4.98. The zero-order valence-corrected chi connectivity index (χ0v) is 20.6. The van der Waals surface area contributed by atoms with Crippen LogP contribution in [-0.2, 0) is 4.79 Å². The number of hydrogen-bond acceptors (Lipinski definition) is 8. The number of nitrogens with two attached hydrogens (primary N) is 1. The van der Waals surface area contributed by atoms with Crippen LogP contribution >= 0.6 is 0 Å². The van der Waals surface area contributed by atoms with E-state index in [0.717, 1.165) is 12.1 Å². The number of amides is 1. The number of carbonyl (C=O) groups excluding carboxylic acids is 1. The molecule has 0 spiro atoms. The number of ether oxygens (including phenoxy) is 1. The second-order valence-electron chi connectivity index (χ2n) is 8.11. The van der Waals surface area contributed by atoms with Crippen molar-refractivity contribution in [1.82, 2.24) is 15.0 Å². The first-order chi connectivity index (χ1) is 19.5. The first-order valence-corrected chi connectivity index (χ1v) is 11.5. The Balaban J connectivity index is 1.46. The Hall–Kier alpha value is -5.66. The van der Waals surface area contributed by atoms with Crippen LogP contribution in [-0.4, -0.2) is 44.3 Å². The molecule has 10 nitrogen and oxygen atoms in total. The number of benzene rings is 2. The highest BCUT2D eigenvalue weighted by molar-refractivity contribution is 6.18. The molecule has 41 heavy (non-hydrogen) atoms. The maximum Gasteiger partial charge on any atom is 0.431 e. The second kappa shape index (κ2) is 12.0. The van der Waals surface area contributed by atoms with Crippen LogP contribution in [0.2, 0.25) is 0 Å². The molecule has 0 atom stereocenters. The fourth-order valence-electron chi connectivity index (χ4n) is 3.24. The third-order valence-corrected chi connectivity index (χ3v) is 5.30. The van der Waals surface area contributed by atoms with Gasteiger partial charge in [-0.3, -0.25) is 4.79 Å². The molecule has 1 amide bonds. The van der Waals surface area contributed by atoms with Crippen molar-refractivity contribution >= 4 is 29.6 Å². The van der Waals surface area contributed by atoms with Crippen molar-refractivity contribution in [2.45, 2.75) is 6.18 Å². The Labute approximate surface area is 228 Å². The largest absolute Gasteiger partial charge is 0.478 e. The van der Waals surface area contributed by atoms with Gasteiger partial charge in [-0.1, -0.05) is 18.2 Å². The zero-order valence-electron chi connectivity index (χ0n) is 20.6. The lowest BCUT2D eigenvalue weighted by Crippen LogP contribution is -2.28. The molecule has 4 N–H and O–H groups in total. The van der Waals surface area contributed by atoms with Gasteiger partial charge in [0.15, 0.2) is 17.4 Å². The third kappa shape index (κ3) is 7.26. The van der Waals surface area contributed by atoms with Crippen LogP contribution in [0.3, 0.4) is 0 Å². The lowest BCUT2D eigenvalue weighted by Gasteiger charge is -2.12. The number of allylic oxidation sites excluding steroid dienone is 1. The number of aromatic nitrogens is 3. The molecular weight excluding hydrogens is 548 g/mol. The SMILES string of the molecule is NC(=C(C=Nc1ccccn1)C(=O)Nc1ccc(-c2cnc(Oc3ccc(C(=O)O)cc3F)nc2)cc1)C(F)(F)F. The van der Waals surface area contributed by atoms with Gasteiger partial charge in [0.25, 0.3) is 5.91 Å². The highest BCUT2D eigenvalue weighted by atomic mass is 19.4. The molecule has 0 aliphatic rings. The van der Waals surface area contributed by atoms with E-state index in [1.165, 1.54) is 42.9 Å². The summed E-state index contributed by atoms with van der Waals surface area (Å²) < 4.78 is 59.2. The summed E-state index contributed by atoms with van der Waals surface area (Å²) in [4.78, 5) is 39.3. The summed E-state index contributed by atoms with van der Waals surface area (Å²) in [6.45, 7) is 0. The van der Waals surface area contributed by atoms with Crippen LogP contribution in [0.1, 0.15) is 10.4 Å². The number of nitrogens with zero attached hydrogens (tertiary/aromatic N) is 4. The van der Waals surface area contributed by atoms with Crippen molar-refractivity contribution in [3.8, 4) is 22.9 Å². The minimum absolute atomic E-state index is 0.0805. The average molecular weight is 566 g/mol. The molecule has 0 aliphatic heterocycles. The highest BCUT2D eigenvalue weighted by Gasteiger charge is 2.35. The molecule has 0 radical (unpaired) electrons. The molecule has 0 unspecified atom stereocenters. The van der Waals surface area contributed by atoms with Gasteiger partial charge in [0.1, 0.15) is 5.70 Å². The number of aromatic carboxylic acids is 1. The standard InChI is InChI=1S/C27H18F4N6O4/c28-20-11-16(25(39)40)6-9-21(20)41-26-35-12-17(13-36-26)15-4-7-18(8-5-15)37-24(38)19(23(32)27(29,30)31)14-34-22-3-1-2-10-33-22/h1-14H,32H2,(H,37,38)(H,39,40). The van der Waals surface area contributed by atoms with Crippen molar-refractivity contribution in [2.24, 2.45) is 10.7 Å². The quantitative estimate of drug-likeness (QED) is 0.148. The Kier molecular flexibility index (Phi) is 8.32. The fourth-order valence-corrected chi connectivity index (χ4v) is 3.24. The number of carboxylic acid groups (broad SMARTS) is 1. The Morgan fingerprint density at radius 2 is 1.68 bits per heavy atom. The fraction of sp³-hybridized carbons (Fsp3) is 0.0370. The summed E-state index contributed by atoms with van der Waals surface area (Å²) in [5.41, 5.74) is 3.69. The van der Waals surface area contributed by atoms with E-state index in [1.54, 1.807) is 24.3 Å². The number of hydrogen-bond donors (Lipinski definition) is 3. The number of rotatable bonds is 8. The summed E-state index contributed by atoms with van der Waals surface area (Å²) in [5, 5.41) is 11.3. The van der Waals surface area contributed by atoms with E-state index in [1.807, 2.05) is 0 Å². The molecule has 0 fully saturated rings. The normalized spacial score (nSPS) is 12.1. The molecule has 0 aliphatic carbocycles. The first kappa shape index (κ1) is 28.4. The van der Waals surface area contributed by atoms with Crippen molar-refractivity contribution in [1.29, 1.82) is 0 Å². The summed E-state index contributed by atoms with van der Waals surface area (Å²) in [7, 11) is 0. The number of pyridine rings is 1. The topological polar surface area (TPSA) is 153 Å². The molecule has 2 heterocycles. The van der Waals surface area contributed by atoms with Gasteiger partial charge in [-0.25, -0.2) is 29.1 Å². The van der Waals surface area contributed by atoms with Gasteiger partial charge in [-0.05, 0) is 48.0 Å². The van der Waals surface area contributed by atoms with E-state index >= 15 is 0 Å². The van der Waals surface area contributed by atoms with Gasteiger partial charge in [-0.2, -0.15) is 13.2 Å². The number of halogens is 4. The van der Waals surface area contributed by atoms with Crippen LogP contribution in [0, 0.1) is 5.82 Å². The van der Waals surface area contributed by atoms with Crippen molar-refractivity contribution < 1.29 is 37.0 Å². The Bertz CT molecular complexity index is 1620. The van der Waals surface area contributed by atoms with Gasteiger partial charge in [0, 0.05) is 36.1 Å². The molecule has 208 valence electrons. The van der Waals surface area contributed by atoms with Gasteiger partial charge < -0.3 is 20.9 Å². The molecular formula is C27H18F4N6O4. The summed E-state index contributed by atoms with van der Waals surface area (Å²) in [6.07, 6.45) is -0.146. The second-order valence-corrected chi connectivity index (χ2v) is 8.11. The maximum atomic E-state index is 14.1. The number of aliphatic imine (C=N–C) groups is 1. The Morgan fingerprint density at radius 3 is 2.27 bits per heavy atom. The van der Waals surface area contributed by atoms with Gasteiger partial charge in [0.05, 0.1) is 11.1 Å². The number of anilines is 1.